The van der Waals surface area contributed by atoms with Crippen LogP contribution in [0.1, 0.15) is 37.8 Å². The van der Waals surface area contributed by atoms with E-state index in [1.165, 1.54) is 49.7 Å². The molecule has 1 saturated heterocycles. The summed E-state index contributed by atoms with van der Waals surface area (Å²) in [6, 6.07) is 15.6. The van der Waals surface area contributed by atoms with Crippen molar-refractivity contribution in [1.82, 2.24) is 4.90 Å². The van der Waals surface area contributed by atoms with Crippen LogP contribution < -0.4 is 4.74 Å². The Morgan fingerprint density at radius 1 is 1.17 bits per heavy atom. The van der Waals surface area contributed by atoms with Crippen LogP contribution >= 0.6 is 0 Å². The lowest BCUT2D eigenvalue weighted by molar-refractivity contribution is -0.135. The third-order valence-corrected chi connectivity index (χ3v) is 4.67. The van der Waals surface area contributed by atoms with Gasteiger partial charge in [0.15, 0.2) is 6.67 Å². The molecule has 0 N–H and O–H groups in total. The number of rotatable bonds is 5. The van der Waals surface area contributed by atoms with Gasteiger partial charge in [-0.05, 0) is 43.0 Å². The van der Waals surface area contributed by atoms with Gasteiger partial charge in [-0.2, -0.15) is 0 Å². The van der Waals surface area contributed by atoms with Crippen LogP contribution in [0, 0.1) is 5.92 Å². The van der Waals surface area contributed by atoms with Gasteiger partial charge in [-0.15, -0.1) is 0 Å². The fraction of sp³-hybridized carbons (Fsp3) is 0.435. The molecule has 1 heterocycles. The van der Waals surface area contributed by atoms with E-state index in [2.05, 4.69) is 46.9 Å². The second-order valence-corrected chi connectivity index (χ2v) is 7.49. The van der Waals surface area contributed by atoms with E-state index in [4.69, 9.17) is 0 Å². The van der Waals surface area contributed by atoms with Crippen LogP contribution in [0.2, 0.25) is 0 Å². The molecule has 1 aliphatic heterocycles. The predicted molar refractivity (Wildman–Crippen MR) is 108 cm³/mol. The first kappa shape index (κ1) is 22.9. The van der Waals surface area contributed by atoms with E-state index in [0.717, 1.165) is 25.5 Å². The van der Waals surface area contributed by atoms with Gasteiger partial charge in [-0.3, -0.25) is 4.90 Å². The smallest absolute Gasteiger partial charge is 0.342 e. The summed E-state index contributed by atoms with van der Waals surface area (Å²) < 4.78 is 41.9. The SMILES string of the molecule is CC(F)(F)c1cccc(OC(=O)CF)c1.CC1CCCN(Cc2ccccc2)C1. The molecule has 2 aromatic rings. The number of esters is 1. The van der Waals surface area contributed by atoms with Crippen LogP contribution in [-0.4, -0.2) is 30.6 Å². The van der Waals surface area contributed by atoms with Crippen molar-refractivity contribution in [3.8, 4) is 5.75 Å². The minimum absolute atomic E-state index is 0.0864. The molecule has 0 spiro atoms. The molecule has 0 aromatic heterocycles. The zero-order valence-corrected chi connectivity index (χ0v) is 16.9. The average Bonchev–Trinajstić information content (AvgIpc) is 2.69. The molecule has 2 aromatic carbocycles. The molecule has 0 saturated carbocycles. The molecule has 3 rings (SSSR count). The van der Waals surface area contributed by atoms with Crippen molar-refractivity contribution in [2.24, 2.45) is 5.92 Å². The number of nitrogens with zero attached hydrogens (tertiary/aromatic N) is 1. The highest BCUT2D eigenvalue weighted by molar-refractivity contribution is 5.73. The molecule has 1 fully saturated rings. The van der Waals surface area contributed by atoms with Gasteiger partial charge in [-0.25, -0.2) is 18.0 Å². The lowest BCUT2D eigenvalue weighted by atomic mass is 10.00. The van der Waals surface area contributed by atoms with Crippen LogP contribution in [0.15, 0.2) is 54.6 Å². The third-order valence-electron chi connectivity index (χ3n) is 4.67. The first-order valence-corrected chi connectivity index (χ1v) is 9.79. The normalized spacial score (nSPS) is 17.2. The molecule has 1 aliphatic rings. The van der Waals surface area contributed by atoms with Gasteiger partial charge < -0.3 is 4.74 Å². The number of ether oxygens (including phenoxy) is 1. The zero-order chi connectivity index (χ0) is 21.3. The fourth-order valence-corrected chi connectivity index (χ4v) is 3.26. The standard InChI is InChI=1S/C13H19N.C10H9F3O2/c1-12-6-5-9-14(10-12)11-13-7-3-2-4-8-13;1-10(12,13)7-3-2-4-8(5-7)15-9(14)6-11/h2-4,7-8,12H,5-6,9-11H2,1H3;2-5H,6H2,1H3. The number of carbonyl (C=O) groups is 1. The second-order valence-electron chi connectivity index (χ2n) is 7.49. The van der Waals surface area contributed by atoms with E-state index in [0.29, 0.717) is 0 Å². The molecule has 158 valence electrons. The van der Waals surface area contributed by atoms with Gasteiger partial charge in [0.05, 0.1) is 0 Å². The van der Waals surface area contributed by atoms with Crippen LogP contribution in [0.4, 0.5) is 13.2 Å². The Morgan fingerprint density at radius 3 is 2.52 bits per heavy atom. The molecule has 29 heavy (non-hydrogen) atoms. The van der Waals surface area contributed by atoms with Crippen molar-refractivity contribution in [2.45, 2.75) is 39.2 Å². The Hall–Kier alpha value is -2.34. The molecule has 0 aliphatic carbocycles. The van der Waals surface area contributed by atoms with E-state index >= 15 is 0 Å². The summed E-state index contributed by atoms with van der Waals surface area (Å²) >= 11 is 0. The predicted octanol–water partition coefficient (Wildman–Crippen LogP) is 5.59. The summed E-state index contributed by atoms with van der Waals surface area (Å²) in [4.78, 5) is 13.1. The number of benzene rings is 2. The van der Waals surface area contributed by atoms with Gasteiger partial charge in [-0.1, -0.05) is 49.4 Å². The Kier molecular flexibility index (Phi) is 8.70. The maximum absolute atomic E-state index is 12.8. The van der Waals surface area contributed by atoms with Gasteiger partial charge in [0.2, 0.25) is 0 Å². The molecular formula is C23H28F3NO2. The van der Waals surface area contributed by atoms with Crippen LogP contribution in [0.5, 0.6) is 5.75 Å². The van der Waals surface area contributed by atoms with E-state index < -0.39 is 18.6 Å². The van der Waals surface area contributed by atoms with Crippen molar-refractivity contribution >= 4 is 5.97 Å². The van der Waals surface area contributed by atoms with Crippen molar-refractivity contribution in [1.29, 1.82) is 0 Å². The molecule has 6 heteroatoms. The maximum atomic E-state index is 12.8. The zero-order valence-electron chi connectivity index (χ0n) is 16.9. The molecule has 1 unspecified atom stereocenters. The molecule has 0 bridgehead atoms. The topological polar surface area (TPSA) is 29.5 Å². The van der Waals surface area contributed by atoms with Crippen LogP contribution in [0.25, 0.3) is 0 Å². The Balaban J connectivity index is 0.000000207. The summed E-state index contributed by atoms with van der Waals surface area (Å²) in [5.41, 5.74) is 1.16. The number of carbonyl (C=O) groups excluding carboxylic acids is 1. The van der Waals surface area contributed by atoms with Crippen LogP contribution in [-0.2, 0) is 17.3 Å². The Morgan fingerprint density at radius 2 is 1.90 bits per heavy atom. The number of alkyl halides is 3. The first-order valence-electron chi connectivity index (χ1n) is 9.79. The van der Waals surface area contributed by atoms with Crippen LogP contribution in [0.3, 0.4) is 0 Å². The third kappa shape index (κ3) is 8.28. The van der Waals surface area contributed by atoms with Gasteiger partial charge in [0.1, 0.15) is 5.75 Å². The van der Waals surface area contributed by atoms with Crippen molar-refractivity contribution in [3.63, 3.8) is 0 Å². The highest BCUT2D eigenvalue weighted by Gasteiger charge is 2.24. The van der Waals surface area contributed by atoms with Gasteiger partial charge in [0.25, 0.3) is 5.92 Å². The summed E-state index contributed by atoms with van der Waals surface area (Å²) in [6.07, 6.45) is 2.78. The summed E-state index contributed by atoms with van der Waals surface area (Å²) in [6.45, 7) is 5.48. The Labute approximate surface area is 170 Å². The minimum atomic E-state index is -3.02. The fourth-order valence-electron chi connectivity index (χ4n) is 3.26. The summed E-state index contributed by atoms with van der Waals surface area (Å²) in [7, 11) is 0. The van der Waals surface area contributed by atoms with Crippen molar-refractivity contribution in [2.75, 3.05) is 19.8 Å². The van der Waals surface area contributed by atoms with Gasteiger partial charge >= 0.3 is 5.97 Å². The lowest BCUT2D eigenvalue weighted by Gasteiger charge is -2.30. The average molecular weight is 407 g/mol. The maximum Gasteiger partial charge on any atom is 0.342 e. The first-order chi connectivity index (χ1) is 13.8. The number of hydrogen-bond acceptors (Lipinski definition) is 3. The number of piperidine rings is 1. The molecular weight excluding hydrogens is 379 g/mol. The number of hydrogen-bond donors (Lipinski definition) is 0. The molecule has 3 nitrogen and oxygen atoms in total. The van der Waals surface area contributed by atoms with E-state index in [-0.39, 0.29) is 11.3 Å². The monoisotopic (exact) mass is 407 g/mol. The lowest BCUT2D eigenvalue weighted by Crippen LogP contribution is -2.33. The molecule has 0 amide bonds. The number of halogens is 3. The molecule has 0 radical (unpaired) electrons. The van der Waals surface area contributed by atoms with E-state index in [1.54, 1.807) is 0 Å². The summed E-state index contributed by atoms with van der Waals surface area (Å²) in [5, 5.41) is 0. The molecule has 1 atom stereocenters. The second kappa shape index (κ2) is 11.0. The largest absolute Gasteiger partial charge is 0.425 e. The summed E-state index contributed by atoms with van der Waals surface area (Å²) in [5.74, 6) is -3.33. The quantitative estimate of drug-likeness (QED) is 0.478. The van der Waals surface area contributed by atoms with E-state index in [9.17, 15) is 18.0 Å². The number of likely N-dealkylation sites (tertiary alicyclic amines) is 1. The van der Waals surface area contributed by atoms with E-state index in [1.807, 2.05) is 0 Å². The highest BCUT2D eigenvalue weighted by atomic mass is 19.3. The minimum Gasteiger partial charge on any atom is -0.425 e. The van der Waals surface area contributed by atoms with Crippen molar-refractivity contribution < 1.29 is 22.7 Å². The highest BCUT2D eigenvalue weighted by Crippen LogP contribution is 2.29. The Bertz CT molecular complexity index is 762. The van der Waals surface area contributed by atoms with Gasteiger partial charge in [0, 0.05) is 25.6 Å². The van der Waals surface area contributed by atoms with Crippen molar-refractivity contribution in [3.05, 3.63) is 65.7 Å².